The van der Waals surface area contributed by atoms with Crippen LogP contribution >= 0.6 is 0 Å². The Bertz CT molecular complexity index is 242. The first-order valence-electron chi connectivity index (χ1n) is 4.33. The van der Waals surface area contributed by atoms with Gasteiger partial charge >= 0.3 is 0 Å². The highest BCUT2D eigenvalue weighted by Crippen LogP contribution is 2.09. The summed E-state index contributed by atoms with van der Waals surface area (Å²) < 4.78 is 2.00. The van der Waals surface area contributed by atoms with Crippen LogP contribution in [0.4, 0.5) is 0 Å². The number of nitrogens with one attached hydrogen (secondary N) is 1. The number of likely N-dealkylation sites (N-methyl/N-ethyl adjacent to an activating group) is 1. The van der Waals surface area contributed by atoms with Crippen molar-refractivity contribution >= 4 is 0 Å². The van der Waals surface area contributed by atoms with E-state index in [1.54, 1.807) is 0 Å². The van der Waals surface area contributed by atoms with Gasteiger partial charge in [0.15, 0.2) is 0 Å². The van der Waals surface area contributed by atoms with E-state index in [9.17, 15) is 0 Å². The quantitative estimate of drug-likeness (QED) is 0.736. The van der Waals surface area contributed by atoms with Gasteiger partial charge in [-0.2, -0.15) is 5.10 Å². The molecule has 1 heterocycles. The average Bonchev–Trinajstić information content (AvgIpc) is 2.49. The maximum Gasteiger partial charge on any atom is 0.0641 e. The Morgan fingerprint density at radius 1 is 1.50 bits per heavy atom. The van der Waals surface area contributed by atoms with Gasteiger partial charge in [0.05, 0.1) is 12.2 Å². The number of hydrogen-bond donors (Lipinski definition) is 1. The van der Waals surface area contributed by atoms with Gasteiger partial charge < -0.3 is 5.32 Å². The van der Waals surface area contributed by atoms with Crippen LogP contribution in [0.2, 0.25) is 0 Å². The minimum absolute atomic E-state index is 0.406. The molecule has 0 bridgehead atoms. The Labute approximate surface area is 73.8 Å². The molecule has 0 aromatic carbocycles. The van der Waals surface area contributed by atoms with Gasteiger partial charge in [-0.3, -0.25) is 4.68 Å². The Hall–Kier alpha value is -0.830. The van der Waals surface area contributed by atoms with Gasteiger partial charge in [0.25, 0.3) is 0 Å². The van der Waals surface area contributed by atoms with Crippen molar-refractivity contribution < 1.29 is 0 Å². The van der Waals surface area contributed by atoms with E-state index >= 15 is 0 Å². The largest absolute Gasteiger partial charge is 0.315 e. The highest BCUT2D eigenvalue weighted by molar-refractivity contribution is 5.00. The van der Waals surface area contributed by atoms with Crippen LogP contribution in [0.5, 0.6) is 0 Å². The lowest BCUT2D eigenvalue weighted by atomic mass is 10.2. The predicted octanol–water partition coefficient (Wildman–Crippen LogP) is 1.36. The molecule has 68 valence electrons. The summed E-state index contributed by atoms with van der Waals surface area (Å²) in [6.07, 6.45) is 3.96. The van der Waals surface area contributed by atoms with E-state index in [1.165, 1.54) is 5.56 Å². The molecule has 3 nitrogen and oxygen atoms in total. The predicted molar refractivity (Wildman–Crippen MR) is 50.2 cm³/mol. The third-order valence-corrected chi connectivity index (χ3v) is 2.33. The number of rotatable bonds is 3. The van der Waals surface area contributed by atoms with Crippen LogP contribution in [-0.2, 0) is 0 Å². The molecule has 1 aromatic heterocycles. The number of aromatic nitrogens is 2. The second-order valence-electron chi connectivity index (χ2n) is 3.32. The van der Waals surface area contributed by atoms with Gasteiger partial charge in [-0.15, -0.1) is 0 Å². The van der Waals surface area contributed by atoms with Crippen molar-refractivity contribution in [2.45, 2.75) is 32.9 Å². The van der Waals surface area contributed by atoms with E-state index in [1.807, 2.05) is 17.9 Å². The summed E-state index contributed by atoms with van der Waals surface area (Å²) in [4.78, 5) is 0. The Morgan fingerprint density at radius 2 is 2.17 bits per heavy atom. The van der Waals surface area contributed by atoms with Crippen LogP contribution in [-0.4, -0.2) is 22.9 Å². The van der Waals surface area contributed by atoms with Crippen LogP contribution in [0.15, 0.2) is 12.4 Å². The van der Waals surface area contributed by atoms with Gasteiger partial charge in [-0.05, 0) is 33.4 Å². The van der Waals surface area contributed by atoms with Gasteiger partial charge in [0.2, 0.25) is 0 Å². The van der Waals surface area contributed by atoms with Crippen molar-refractivity contribution in [1.82, 2.24) is 15.1 Å². The molecule has 0 aliphatic heterocycles. The molecule has 0 aliphatic carbocycles. The zero-order valence-electron chi connectivity index (χ0n) is 8.20. The second-order valence-corrected chi connectivity index (χ2v) is 3.32. The van der Waals surface area contributed by atoms with Gasteiger partial charge in [0.1, 0.15) is 0 Å². The fourth-order valence-corrected chi connectivity index (χ4v) is 1.13. The maximum atomic E-state index is 4.26. The number of nitrogens with zero attached hydrogens (tertiary/aromatic N) is 2. The number of aryl methyl sites for hydroxylation is 1. The molecule has 0 radical (unpaired) electrons. The minimum atomic E-state index is 0.406. The van der Waals surface area contributed by atoms with E-state index in [-0.39, 0.29) is 0 Å². The third-order valence-electron chi connectivity index (χ3n) is 2.33. The molecule has 0 fully saturated rings. The van der Waals surface area contributed by atoms with E-state index < -0.39 is 0 Å². The van der Waals surface area contributed by atoms with Crippen molar-refractivity contribution in [1.29, 1.82) is 0 Å². The summed E-state index contributed by atoms with van der Waals surface area (Å²) in [6, 6.07) is 0.855. The Balaban J connectivity index is 2.70. The van der Waals surface area contributed by atoms with Crippen LogP contribution in [0.25, 0.3) is 0 Å². The fourth-order valence-electron chi connectivity index (χ4n) is 1.13. The molecule has 2 unspecified atom stereocenters. The summed E-state index contributed by atoms with van der Waals surface area (Å²) in [5.41, 5.74) is 1.21. The molecule has 0 aliphatic rings. The average molecular weight is 167 g/mol. The van der Waals surface area contributed by atoms with Crippen LogP contribution < -0.4 is 5.32 Å². The van der Waals surface area contributed by atoms with Crippen LogP contribution in [0.3, 0.4) is 0 Å². The van der Waals surface area contributed by atoms with Crippen molar-refractivity contribution in [3.63, 3.8) is 0 Å². The number of hydrogen-bond acceptors (Lipinski definition) is 2. The summed E-state index contributed by atoms with van der Waals surface area (Å²) in [7, 11) is 1.97. The topological polar surface area (TPSA) is 29.9 Å². The van der Waals surface area contributed by atoms with Gasteiger partial charge in [0, 0.05) is 12.2 Å². The molecule has 1 aromatic rings. The lowest BCUT2D eigenvalue weighted by Gasteiger charge is -2.19. The highest BCUT2D eigenvalue weighted by Gasteiger charge is 2.11. The normalized spacial score (nSPS) is 16.0. The molecule has 12 heavy (non-hydrogen) atoms. The monoisotopic (exact) mass is 167 g/mol. The Morgan fingerprint density at radius 3 is 2.58 bits per heavy atom. The molecule has 0 saturated heterocycles. The smallest absolute Gasteiger partial charge is 0.0641 e. The summed E-state index contributed by atoms with van der Waals surface area (Å²) in [6.45, 7) is 6.37. The fraction of sp³-hybridized carbons (Fsp3) is 0.667. The van der Waals surface area contributed by atoms with Crippen molar-refractivity contribution in [2.24, 2.45) is 0 Å². The van der Waals surface area contributed by atoms with Gasteiger partial charge in [-0.25, -0.2) is 0 Å². The van der Waals surface area contributed by atoms with Crippen molar-refractivity contribution in [3.8, 4) is 0 Å². The zero-order valence-corrected chi connectivity index (χ0v) is 8.20. The van der Waals surface area contributed by atoms with Crippen molar-refractivity contribution in [2.75, 3.05) is 7.05 Å². The molecule has 1 rings (SSSR count). The molecular weight excluding hydrogens is 150 g/mol. The molecule has 0 saturated carbocycles. The summed E-state index contributed by atoms with van der Waals surface area (Å²) in [5.74, 6) is 0. The summed E-state index contributed by atoms with van der Waals surface area (Å²) >= 11 is 0. The molecule has 0 spiro atoms. The van der Waals surface area contributed by atoms with Crippen molar-refractivity contribution in [3.05, 3.63) is 18.0 Å². The first kappa shape index (κ1) is 9.26. The second kappa shape index (κ2) is 3.72. The maximum absolute atomic E-state index is 4.26. The SMILES string of the molecule is CNC(C)C(C)n1cc(C)cn1. The summed E-state index contributed by atoms with van der Waals surface area (Å²) in [5, 5.41) is 7.47. The zero-order chi connectivity index (χ0) is 9.14. The minimum Gasteiger partial charge on any atom is -0.315 e. The molecule has 3 heteroatoms. The highest BCUT2D eigenvalue weighted by atomic mass is 15.3. The van der Waals surface area contributed by atoms with Crippen LogP contribution in [0, 0.1) is 6.92 Å². The lowest BCUT2D eigenvalue weighted by Crippen LogP contribution is -2.30. The first-order valence-corrected chi connectivity index (χ1v) is 4.33. The van der Waals surface area contributed by atoms with Crippen LogP contribution in [0.1, 0.15) is 25.5 Å². The standard InChI is InChI=1S/C9H17N3/c1-7-5-11-12(6-7)9(3)8(2)10-4/h5-6,8-10H,1-4H3. The molecule has 1 N–H and O–H groups in total. The molecule has 2 atom stereocenters. The van der Waals surface area contributed by atoms with E-state index in [2.05, 4.69) is 37.4 Å². The van der Waals surface area contributed by atoms with E-state index in [0.29, 0.717) is 12.1 Å². The van der Waals surface area contributed by atoms with E-state index in [4.69, 9.17) is 0 Å². The Kier molecular flexibility index (Phi) is 2.87. The molecule has 0 amide bonds. The van der Waals surface area contributed by atoms with E-state index in [0.717, 1.165) is 0 Å². The third kappa shape index (κ3) is 1.85. The molecular formula is C9H17N3. The lowest BCUT2D eigenvalue weighted by molar-refractivity contribution is 0.384. The first-order chi connectivity index (χ1) is 5.65. The van der Waals surface area contributed by atoms with Gasteiger partial charge in [-0.1, -0.05) is 0 Å².